The van der Waals surface area contributed by atoms with Crippen LogP contribution in [-0.2, 0) is 4.79 Å². The smallest absolute Gasteiger partial charge is 0.269 e. The fraction of sp³-hybridized carbons (Fsp3) is 0.118. The number of hydrogen-bond acceptors (Lipinski definition) is 6. The van der Waals surface area contributed by atoms with Gasteiger partial charge in [-0.15, -0.1) is 0 Å². The summed E-state index contributed by atoms with van der Waals surface area (Å²) in [6, 6.07) is 12.2. The van der Waals surface area contributed by atoms with Crippen molar-refractivity contribution in [3.63, 3.8) is 0 Å². The van der Waals surface area contributed by atoms with Crippen LogP contribution in [0.1, 0.15) is 15.9 Å². The molecule has 2 aromatic carbocycles. The number of carbonyl (C=O) groups excluding carboxylic acids is 2. The molecule has 0 aliphatic heterocycles. The largest absolute Gasteiger partial charge is 0.496 e. The molecule has 2 rings (SSSR count). The summed E-state index contributed by atoms with van der Waals surface area (Å²) in [6.07, 6.45) is 1.43. The number of non-ortho nitro benzene ring substituents is 1. The molecule has 0 bridgehead atoms. The summed E-state index contributed by atoms with van der Waals surface area (Å²) >= 11 is 0. The van der Waals surface area contributed by atoms with E-state index in [-0.39, 0.29) is 17.8 Å². The van der Waals surface area contributed by atoms with E-state index in [1.54, 1.807) is 18.2 Å². The first-order valence-electron chi connectivity index (χ1n) is 7.49. The van der Waals surface area contributed by atoms with Crippen molar-refractivity contribution < 1.29 is 19.2 Å². The van der Waals surface area contributed by atoms with Gasteiger partial charge in [0.25, 0.3) is 17.5 Å². The van der Waals surface area contributed by atoms with Crippen LogP contribution in [0.15, 0.2) is 53.6 Å². The Morgan fingerprint density at radius 3 is 2.54 bits per heavy atom. The number of nitrogens with zero attached hydrogens (tertiary/aromatic N) is 2. The number of ether oxygens (including phenoxy) is 1. The third-order valence-electron chi connectivity index (χ3n) is 3.28. The first-order chi connectivity index (χ1) is 12.5. The van der Waals surface area contributed by atoms with E-state index in [2.05, 4.69) is 15.8 Å². The molecule has 0 spiro atoms. The zero-order valence-electron chi connectivity index (χ0n) is 13.8. The second-order valence-electron chi connectivity index (χ2n) is 5.02. The lowest BCUT2D eigenvalue weighted by Crippen LogP contribution is -2.34. The second kappa shape index (κ2) is 8.92. The SMILES string of the molecule is COc1ccccc1/C=N/NC(=O)CNC(=O)c1ccc([N+](=O)[O-])cc1. The number of rotatable bonds is 7. The summed E-state index contributed by atoms with van der Waals surface area (Å²) in [5.74, 6) is -0.438. The Morgan fingerprint density at radius 1 is 1.19 bits per heavy atom. The van der Waals surface area contributed by atoms with Gasteiger partial charge in [-0.05, 0) is 24.3 Å². The molecule has 0 aliphatic rings. The van der Waals surface area contributed by atoms with Crippen LogP contribution in [0.4, 0.5) is 5.69 Å². The van der Waals surface area contributed by atoms with Crippen LogP contribution in [0.5, 0.6) is 5.75 Å². The lowest BCUT2D eigenvalue weighted by molar-refractivity contribution is -0.384. The van der Waals surface area contributed by atoms with Gasteiger partial charge in [0.05, 0.1) is 24.8 Å². The van der Waals surface area contributed by atoms with Crippen LogP contribution in [0.25, 0.3) is 0 Å². The standard InChI is InChI=1S/C17H16N4O5/c1-26-15-5-3-2-4-13(15)10-19-20-16(22)11-18-17(23)12-6-8-14(9-7-12)21(24)25/h2-10H,11H2,1H3,(H,18,23)(H,20,22)/b19-10+. The Morgan fingerprint density at radius 2 is 1.88 bits per heavy atom. The van der Waals surface area contributed by atoms with Gasteiger partial charge in [0.2, 0.25) is 0 Å². The maximum absolute atomic E-state index is 11.9. The van der Waals surface area contributed by atoms with Gasteiger partial charge in [-0.2, -0.15) is 5.10 Å². The summed E-state index contributed by atoms with van der Waals surface area (Å²) in [5, 5.41) is 16.8. The maximum Gasteiger partial charge on any atom is 0.269 e. The Kier molecular flexibility index (Phi) is 6.38. The Bertz CT molecular complexity index is 833. The molecule has 9 heteroatoms. The Hall–Kier alpha value is -3.75. The lowest BCUT2D eigenvalue weighted by Gasteiger charge is -2.05. The maximum atomic E-state index is 11.9. The highest BCUT2D eigenvalue weighted by atomic mass is 16.6. The molecule has 0 atom stereocenters. The first-order valence-corrected chi connectivity index (χ1v) is 7.49. The van der Waals surface area contributed by atoms with Crippen molar-refractivity contribution >= 4 is 23.7 Å². The van der Waals surface area contributed by atoms with E-state index in [1.165, 1.54) is 37.6 Å². The van der Waals surface area contributed by atoms with Crippen molar-refractivity contribution in [2.45, 2.75) is 0 Å². The molecule has 0 unspecified atom stereocenters. The number of nitrogens with one attached hydrogen (secondary N) is 2. The zero-order chi connectivity index (χ0) is 18.9. The zero-order valence-corrected chi connectivity index (χ0v) is 13.8. The van der Waals surface area contributed by atoms with E-state index in [4.69, 9.17) is 4.74 Å². The van der Waals surface area contributed by atoms with E-state index in [0.717, 1.165) is 0 Å². The molecule has 0 radical (unpaired) electrons. The molecule has 0 aromatic heterocycles. The van der Waals surface area contributed by atoms with E-state index < -0.39 is 16.7 Å². The molecule has 2 amide bonds. The van der Waals surface area contributed by atoms with Crippen molar-refractivity contribution in [1.29, 1.82) is 0 Å². The van der Waals surface area contributed by atoms with Crippen LogP contribution in [0.3, 0.4) is 0 Å². The number of carbonyl (C=O) groups is 2. The predicted molar refractivity (Wildman–Crippen MR) is 94.2 cm³/mol. The average molecular weight is 356 g/mol. The minimum absolute atomic E-state index is 0.120. The minimum atomic E-state index is -0.561. The summed E-state index contributed by atoms with van der Waals surface area (Å²) in [7, 11) is 1.53. The molecule has 0 fully saturated rings. The van der Waals surface area contributed by atoms with Crippen LogP contribution in [0, 0.1) is 10.1 Å². The number of hydrazone groups is 1. The van der Waals surface area contributed by atoms with Gasteiger partial charge in [0, 0.05) is 23.3 Å². The van der Waals surface area contributed by atoms with Crippen molar-refractivity contribution in [2.24, 2.45) is 5.10 Å². The molecule has 0 saturated heterocycles. The molecule has 2 N–H and O–H groups in total. The van der Waals surface area contributed by atoms with Crippen LogP contribution in [0.2, 0.25) is 0 Å². The number of amides is 2. The van der Waals surface area contributed by atoms with E-state index in [9.17, 15) is 19.7 Å². The van der Waals surface area contributed by atoms with E-state index in [1.807, 2.05) is 6.07 Å². The van der Waals surface area contributed by atoms with Crippen LogP contribution in [-0.4, -0.2) is 36.6 Å². The van der Waals surface area contributed by atoms with Crippen molar-refractivity contribution in [2.75, 3.05) is 13.7 Å². The lowest BCUT2D eigenvalue weighted by atomic mass is 10.2. The minimum Gasteiger partial charge on any atom is -0.496 e. The third kappa shape index (κ3) is 5.13. The van der Waals surface area contributed by atoms with Crippen molar-refractivity contribution in [1.82, 2.24) is 10.7 Å². The third-order valence-corrected chi connectivity index (χ3v) is 3.28. The van der Waals surface area contributed by atoms with Crippen molar-refractivity contribution in [3.8, 4) is 5.75 Å². The number of methoxy groups -OCH3 is 1. The topological polar surface area (TPSA) is 123 Å². The summed E-state index contributed by atoms with van der Waals surface area (Å²) in [5.41, 5.74) is 3.06. The van der Waals surface area contributed by atoms with Gasteiger partial charge in [0.15, 0.2) is 0 Å². The normalized spacial score (nSPS) is 10.3. The van der Waals surface area contributed by atoms with Gasteiger partial charge < -0.3 is 10.1 Å². The molecule has 134 valence electrons. The summed E-state index contributed by atoms with van der Waals surface area (Å²) in [4.78, 5) is 33.6. The number of benzene rings is 2. The molecular weight excluding hydrogens is 340 g/mol. The van der Waals surface area contributed by atoms with Crippen LogP contribution < -0.4 is 15.5 Å². The second-order valence-corrected chi connectivity index (χ2v) is 5.02. The van der Waals surface area contributed by atoms with Gasteiger partial charge >= 0.3 is 0 Å². The summed E-state index contributed by atoms with van der Waals surface area (Å²) < 4.78 is 5.15. The number of nitro benzene ring substituents is 1. The fourth-order valence-corrected chi connectivity index (χ4v) is 1.98. The first kappa shape index (κ1) is 18.6. The van der Waals surface area contributed by atoms with E-state index >= 15 is 0 Å². The number of hydrogen-bond donors (Lipinski definition) is 2. The Balaban J connectivity index is 1.83. The van der Waals surface area contributed by atoms with Crippen LogP contribution >= 0.6 is 0 Å². The molecule has 26 heavy (non-hydrogen) atoms. The van der Waals surface area contributed by atoms with Gasteiger partial charge in [0.1, 0.15) is 5.75 Å². The monoisotopic (exact) mass is 356 g/mol. The van der Waals surface area contributed by atoms with Gasteiger partial charge in [-0.25, -0.2) is 5.43 Å². The van der Waals surface area contributed by atoms with Gasteiger partial charge in [-0.3, -0.25) is 19.7 Å². The predicted octanol–water partition coefficient (Wildman–Crippen LogP) is 1.48. The fourth-order valence-electron chi connectivity index (χ4n) is 1.98. The molecular formula is C17H16N4O5. The highest BCUT2D eigenvalue weighted by Gasteiger charge is 2.10. The molecule has 0 heterocycles. The van der Waals surface area contributed by atoms with Gasteiger partial charge in [-0.1, -0.05) is 12.1 Å². The van der Waals surface area contributed by atoms with Crippen molar-refractivity contribution in [3.05, 3.63) is 69.8 Å². The molecule has 0 aliphatic carbocycles. The average Bonchev–Trinajstić information content (AvgIpc) is 2.66. The Labute approximate surface area is 148 Å². The molecule has 0 saturated carbocycles. The highest BCUT2D eigenvalue weighted by Crippen LogP contribution is 2.14. The van der Waals surface area contributed by atoms with E-state index in [0.29, 0.717) is 11.3 Å². The molecule has 2 aromatic rings. The number of nitro groups is 1. The number of para-hydroxylation sites is 1. The molecule has 9 nitrogen and oxygen atoms in total. The quantitative estimate of drug-likeness (QED) is 0.442. The summed E-state index contributed by atoms with van der Waals surface area (Å²) in [6.45, 7) is -0.293. The highest BCUT2D eigenvalue weighted by molar-refractivity contribution is 5.96.